The summed E-state index contributed by atoms with van der Waals surface area (Å²) < 4.78 is 0. The van der Waals surface area contributed by atoms with Gasteiger partial charge in [0, 0.05) is 36.4 Å². The number of nitrogens with zero attached hydrogens (tertiary/aromatic N) is 2. The van der Waals surface area contributed by atoms with E-state index >= 15 is 0 Å². The summed E-state index contributed by atoms with van der Waals surface area (Å²) in [7, 11) is 1.90. The van der Waals surface area contributed by atoms with E-state index in [2.05, 4.69) is 12.2 Å². The van der Waals surface area contributed by atoms with Crippen LogP contribution in [0.3, 0.4) is 0 Å². The molecule has 0 fully saturated rings. The molecule has 1 aromatic carbocycles. The van der Waals surface area contributed by atoms with Gasteiger partial charge in [-0.2, -0.15) is 0 Å². The molecule has 0 unspecified atom stereocenters. The topological polar surface area (TPSA) is 78.6 Å². The minimum Gasteiger partial charge on any atom is -0.394 e. The number of anilines is 1. The average Bonchev–Trinajstić information content (AvgIpc) is 2.45. The lowest BCUT2D eigenvalue weighted by Gasteiger charge is -2.34. The Kier molecular flexibility index (Phi) is 6.11. The highest BCUT2D eigenvalue weighted by Gasteiger charge is 2.23. The zero-order valence-corrected chi connectivity index (χ0v) is 13.2. The van der Waals surface area contributed by atoms with Crippen LogP contribution in [0.15, 0.2) is 18.2 Å². The van der Waals surface area contributed by atoms with Crippen LogP contribution in [0.25, 0.3) is 0 Å². The molecule has 21 heavy (non-hydrogen) atoms. The maximum Gasteiger partial charge on any atom is 0.269 e. The molecule has 0 atom stereocenters. The molecule has 0 saturated carbocycles. The van der Waals surface area contributed by atoms with E-state index in [0.29, 0.717) is 6.54 Å². The van der Waals surface area contributed by atoms with Gasteiger partial charge in [-0.3, -0.25) is 15.0 Å². The summed E-state index contributed by atoms with van der Waals surface area (Å²) >= 11 is 0. The smallest absolute Gasteiger partial charge is 0.269 e. The van der Waals surface area contributed by atoms with Crippen LogP contribution in [0.5, 0.6) is 0 Å². The van der Waals surface area contributed by atoms with Crippen LogP contribution in [0.2, 0.25) is 0 Å². The molecule has 1 aromatic rings. The fourth-order valence-corrected chi connectivity index (χ4v) is 1.85. The number of nitro benzene ring substituents is 1. The molecule has 0 amide bonds. The lowest BCUT2D eigenvalue weighted by molar-refractivity contribution is -0.384. The fourth-order valence-electron chi connectivity index (χ4n) is 1.85. The number of nitro groups is 1. The van der Waals surface area contributed by atoms with E-state index in [1.165, 1.54) is 6.07 Å². The number of benzene rings is 1. The summed E-state index contributed by atoms with van der Waals surface area (Å²) in [6.45, 7) is 7.31. The predicted octanol–water partition coefficient (Wildman–Crippen LogP) is 2.62. The molecule has 0 aliphatic carbocycles. The van der Waals surface area contributed by atoms with Crippen LogP contribution in [0, 0.1) is 10.1 Å². The molecular formula is C15H25N3O3. The Bertz CT molecular complexity index is 489. The summed E-state index contributed by atoms with van der Waals surface area (Å²) in [5, 5.41) is 23.7. The molecule has 0 spiro atoms. The van der Waals surface area contributed by atoms with Crippen LogP contribution in [0.1, 0.15) is 32.8 Å². The van der Waals surface area contributed by atoms with Crippen molar-refractivity contribution >= 4 is 11.4 Å². The molecule has 0 heterocycles. The molecule has 0 radical (unpaired) electrons. The van der Waals surface area contributed by atoms with Crippen LogP contribution in [-0.2, 0) is 6.54 Å². The maximum absolute atomic E-state index is 10.9. The standard InChI is InChI=1S/C15H25N3O3/c1-5-8-16-14-7-6-13(18(20)21)9-12(14)10-17(4)15(2,3)11-19/h6-7,9,16,19H,5,8,10-11H2,1-4H3. The van der Waals surface area contributed by atoms with Gasteiger partial charge >= 0.3 is 0 Å². The van der Waals surface area contributed by atoms with E-state index in [1.54, 1.807) is 12.1 Å². The van der Waals surface area contributed by atoms with Gasteiger partial charge in [0.1, 0.15) is 0 Å². The molecule has 0 aliphatic heterocycles. The van der Waals surface area contributed by atoms with Gasteiger partial charge in [0.15, 0.2) is 0 Å². The summed E-state index contributed by atoms with van der Waals surface area (Å²) in [6.07, 6.45) is 0.981. The zero-order chi connectivity index (χ0) is 16.0. The Balaban J connectivity index is 3.05. The fraction of sp³-hybridized carbons (Fsp3) is 0.600. The number of aliphatic hydroxyl groups excluding tert-OH is 1. The first-order valence-electron chi connectivity index (χ1n) is 7.15. The minimum absolute atomic E-state index is 0.0240. The highest BCUT2D eigenvalue weighted by atomic mass is 16.6. The molecule has 6 nitrogen and oxygen atoms in total. The summed E-state index contributed by atoms with van der Waals surface area (Å²) in [4.78, 5) is 12.6. The summed E-state index contributed by atoms with van der Waals surface area (Å²) in [5.41, 5.74) is 1.47. The van der Waals surface area contributed by atoms with Crippen LogP contribution in [-0.4, -0.2) is 40.7 Å². The van der Waals surface area contributed by atoms with Gasteiger partial charge in [0.05, 0.1) is 11.5 Å². The molecule has 118 valence electrons. The summed E-state index contributed by atoms with van der Waals surface area (Å²) in [5.74, 6) is 0. The van der Waals surface area contributed by atoms with E-state index in [4.69, 9.17) is 0 Å². The van der Waals surface area contributed by atoms with E-state index in [9.17, 15) is 15.2 Å². The molecule has 2 N–H and O–H groups in total. The Hall–Kier alpha value is -1.66. The van der Waals surface area contributed by atoms with Crippen molar-refractivity contribution in [2.24, 2.45) is 0 Å². The van der Waals surface area contributed by atoms with Crippen molar-refractivity contribution in [1.82, 2.24) is 4.90 Å². The van der Waals surface area contributed by atoms with E-state index in [-0.39, 0.29) is 22.8 Å². The van der Waals surface area contributed by atoms with Crippen LogP contribution in [0.4, 0.5) is 11.4 Å². The van der Waals surface area contributed by atoms with Crippen molar-refractivity contribution in [3.05, 3.63) is 33.9 Å². The predicted molar refractivity (Wildman–Crippen MR) is 84.5 cm³/mol. The van der Waals surface area contributed by atoms with Crippen LogP contribution < -0.4 is 5.32 Å². The molecule has 6 heteroatoms. The second kappa shape index (κ2) is 7.38. The number of rotatable bonds is 8. The number of nitrogens with one attached hydrogen (secondary N) is 1. The lowest BCUT2D eigenvalue weighted by atomic mass is 10.0. The normalized spacial score (nSPS) is 11.7. The third kappa shape index (κ3) is 4.68. The van der Waals surface area contributed by atoms with Gasteiger partial charge in [-0.05, 0) is 38.9 Å². The second-order valence-corrected chi connectivity index (χ2v) is 5.85. The zero-order valence-electron chi connectivity index (χ0n) is 13.2. The molecule has 0 aliphatic rings. The summed E-state index contributed by atoms with van der Waals surface area (Å²) in [6, 6.07) is 4.86. The third-order valence-electron chi connectivity index (χ3n) is 3.69. The largest absolute Gasteiger partial charge is 0.394 e. The SMILES string of the molecule is CCCNc1ccc([N+](=O)[O-])cc1CN(C)C(C)(C)CO. The molecule has 0 bridgehead atoms. The number of hydrogen-bond donors (Lipinski definition) is 2. The Morgan fingerprint density at radius 1 is 1.43 bits per heavy atom. The molecule has 0 aromatic heterocycles. The van der Waals surface area contributed by atoms with Crippen molar-refractivity contribution in [3.63, 3.8) is 0 Å². The van der Waals surface area contributed by atoms with Gasteiger partial charge in [0.2, 0.25) is 0 Å². The van der Waals surface area contributed by atoms with Crippen molar-refractivity contribution in [2.45, 2.75) is 39.3 Å². The molecule has 1 rings (SSSR count). The Morgan fingerprint density at radius 2 is 2.10 bits per heavy atom. The number of hydrogen-bond acceptors (Lipinski definition) is 5. The first-order chi connectivity index (χ1) is 9.81. The highest BCUT2D eigenvalue weighted by Crippen LogP contribution is 2.25. The van der Waals surface area contributed by atoms with Gasteiger partial charge in [-0.1, -0.05) is 6.92 Å². The monoisotopic (exact) mass is 295 g/mol. The first kappa shape index (κ1) is 17.4. The Morgan fingerprint density at radius 3 is 2.62 bits per heavy atom. The molecular weight excluding hydrogens is 270 g/mol. The highest BCUT2D eigenvalue weighted by molar-refractivity contribution is 5.56. The van der Waals surface area contributed by atoms with E-state index in [0.717, 1.165) is 24.2 Å². The maximum atomic E-state index is 10.9. The van der Waals surface area contributed by atoms with Crippen molar-refractivity contribution in [2.75, 3.05) is 25.5 Å². The van der Waals surface area contributed by atoms with Crippen LogP contribution >= 0.6 is 0 Å². The number of non-ortho nitro benzene ring substituents is 1. The molecule has 0 saturated heterocycles. The van der Waals surface area contributed by atoms with Crippen molar-refractivity contribution < 1.29 is 10.0 Å². The first-order valence-corrected chi connectivity index (χ1v) is 7.15. The van der Waals surface area contributed by atoms with Gasteiger partial charge in [0.25, 0.3) is 5.69 Å². The quantitative estimate of drug-likeness (QED) is 0.569. The average molecular weight is 295 g/mol. The Labute approximate surface area is 125 Å². The minimum atomic E-state index is -0.385. The van der Waals surface area contributed by atoms with E-state index in [1.807, 2.05) is 25.8 Å². The second-order valence-electron chi connectivity index (χ2n) is 5.85. The van der Waals surface area contributed by atoms with Gasteiger partial charge < -0.3 is 10.4 Å². The number of aliphatic hydroxyl groups is 1. The van der Waals surface area contributed by atoms with Crippen molar-refractivity contribution in [1.29, 1.82) is 0 Å². The lowest BCUT2D eigenvalue weighted by Crippen LogP contribution is -2.43. The third-order valence-corrected chi connectivity index (χ3v) is 3.69. The van der Waals surface area contributed by atoms with E-state index < -0.39 is 0 Å². The van der Waals surface area contributed by atoms with Gasteiger partial charge in [-0.25, -0.2) is 0 Å². The van der Waals surface area contributed by atoms with Gasteiger partial charge in [-0.15, -0.1) is 0 Å². The van der Waals surface area contributed by atoms with Crippen molar-refractivity contribution in [3.8, 4) is 0 Å². The number of likely N-dealkylation sites (N-methyl/N-ethyl adjacent to an activating group) is 1.